The Morgan fingerprint density at radius 3 is 2.84 bits per heavy atom. The van der Waals surface area contributed by atoms with Crippen LogP contribution >= 0.6 is 0 Å². The Kier molecular flexibility index (Phi) is 5.58. The van der Waals surface area contributed by atoms with Crippen molar-refractivity contribution in [2.24, 2.45) is 0 Å². The van der Waals surface area contributed by atoms with Crippen molar-refractivity contribution >= 4 is 17.6 Å². The molecule has 1 saturated carbocycles. The van der Waals surface area contributed by atoms with Gasteiger partial charge in [-0.25, -0.2) is 4.79 Å². The van der Waals surface area contributed by atoms with Crippen LogP contribution in [0.25, 0.3) is 0 Å². The van der Waals surface area contributed by atoms with Gasteiger partial charge < -0.3 is 20.3 Å². The zero-order chi connectivity index (χ0) is 17.8. The number of rotatable bonds is 3. The number of nitrogens with one attached hydrogen (secondary N) is 2. The van der Waals surface area contributed by atoms with Crippen molar-refractivity contribution in [2.45, 2.75) is 57.7 Å². The summed E-state index contributed by atoms with van der Waals surface area (Å²) in [5.41, 5.74) is 1.23. The van der Waals surface area contributed by atoms with Crippen molar-refractivity contribution in [1.29, 1.82) is 0 Å². The van der Waals surface area contributed by atoms with Crippen molar-refractivity contribution < 1.29 is 14.3 Å². The summed E-state index contributed by atoms with van der Waals surface area (Å²) in [6.07, 6.45) is 4.53. The summed E-state index contributed by atoms with van der Waals surface area (Å²) >= 11 is 0. The van der Waals surface area contributed by atoms with E-state index in [0.29, 0.717) is 24.4 Å². The van der Waals surface area contributed by atoms with Crippen LogP contribution in [0.4, 0.5) is 10.5 Å². The molecule has 2 atom stereocenters. The first kappa shape index (κ1) is 17.7. The van der Waals surface area contributed by atoms with Crippen LogP contribution in [0.3, 0.4) is 0 Å². The molecule has 2 fully saturated rings. The van der Waals surface area contributed by atoms with Gasteiger partial charge in [-0.15, -0.1) is 0 Å². The molecule has 1 saturated heterocycles. The highest BCUT2D eigenvalue weighted by molar-refractivity contribution is 5.97. The number of morpholine rings is 1. The summed E-state index contributed by atoms with van der Waals surface area (Å²) in [6, 6.07) is 7.11. The van der Waals surface area contributed by atoms with E-state index in [1.807, 2.05) is 18.7 Å². The molecule has 0 spiro atoms. The number of anilines is 1. The molecule has 1 aliphatic carbocycles. The van der Waals surface area contributed by atoms with E-state index in [9.17, 15) is 9.59 Å². The Bertz CT molecular complexity index is 630. The van der Waals surface area contributed by atoms with Crippen molar-refractivity contribution in [3.63, 3.8) is 0 Å². The number of carbonyl (C=O) groups is 2. The molecule has 2 aliphatic rings. The predicted octanol–water partition coefficient (Wildman–Crippen LogP) is 3.00. The third-order valence-electron chi connectivity index (χ3n) is 4.78. The average Bonchev–Trinajstić information content (AvgIpc) is 2.60. The molecule has 6 heteroatoms. The fourth-order valence-corrected chi connectivity index (χ4v) is 3.67. The van der Waals surface area contributed by atoms with Crippen molar-refractivity contribution in [3.8, 4) is 0 Å². The number of fused-ring (bicyclic) bond motifs is 1. The summed E-state index contributed by atoms with van der Waals surface area (Å²) in [4.78, 5) is 26.8. The Morgan fingerprint density at radius 1 is 1.24 bits per heavy atom. The quantitative estimate of drug-likeness (QED) is 0.885. The van der Waals surface area contributed by atoms with Gasteiger partial charge in [0.25, 0.3) is 5.91 Å². The molecule has 0 bridgehead atoms. The smallest absolute Gasteiger partial charge is 0.319 e. The number of amides is 3. The molecule has 1 aliphatic heterocycles. The minimum Gasteiger partial charge on any atom is -0.374 e. The van der Waals surface area contributed by atoms with Crippen molar-refractivity contribution in [2.75, 3.05) is 18.5 Å². The topological polar surface area (TPSA) is 70.7 Å². The molecule has 1 aromatic carbocycles. The fourth-order valence-electron chi connectivity index (χ4n) is 3.67. The van der Waals surface area contributed by atoms with Gasteiger partial charge in [-0.3, -0.25) is 4.79 Å². The first-order valence-electron chi connectivity index (χ1n) is 9.15. The highest BCUT2D eigenvalue weighted by Crippen LogP contribution is 2.29. The van der Waals surface area contributed by atoms with Crippen LogP contribution in [-0.2, 0) is 4.74 Å². The minimum atomic E-state index is -0.265. The molecule has 1 heterocycles. The van der Waals surface area contributed by atoms with Gasteiger partial charge in [0.15, 0.2) is 0 Å². The summed E-state index contributed by atoms with van der Waals surface area (Å²) in [5, 5.41) is 5.56. The lowest BCUT2D eigenvalue weighted by Gasteiger charge is -2.43. The number of urea groups is 1. The summed E-state index contributed by atoms with van der Waals surface area (Å²) in [7, 11) is 0. The molecular formula is C19H27N3O3. The lowest BCUT2D eigenvalue weighted by molar-refractivity contribution is -0.0752. The van der Waals surface area contributed by atoms with Crippen LogP contribution in [0.1, 0.15) is 49.9 Å². The van der Waals surface area contributed by atoms with Gasteiger partial charge in [-0.05, 0) is 44.9 Å². The fraction of sp³-hybridized carbons (Fsp3) is 0.579. The van der Waals surface area contributed by atoms with E-state index in [1.165, 1.54) is 6.42 Å². The van der Waals surface area contributed by atoms with Gasteiger partial charge in [-0.1, -0.05) is 18.9 Å². The van der Waals surface area contributed by atoms with Crippen LogP contribution in [-0.4, -0.2) is 48.2 Å². The zero-order valence-corrected chi connectivity index (χ0v) is 15.0. The minimum absolute atomic E-state index is 0.0214. The van der Waals surface area contributed by atoms with Crippen LogP contribution in [0.5, 0.6) is 0 Å². The standard InChI is InChI=1S/C19H27N3O3/c1-13(2)20-19(24)21-15-7-5-6-14(12-15)18(23)22-10-11-25-17-9-4-3-8-16(17)22/h5-7,12-13,16-17H,3-4,8-11H2,1-2H3,(H2,20,21,24). The number of carbonyl (C=O) groups excluding carboxylic acids is 2. The molecule has 3 rings (SSSR count). The summed E-state index contributed by atoms with van der Waals surface area (Å²) in [6.45, 7) is 5.03. The molecule has 0 aromatic heterocycles. The van der Waals surface area contributed by atoms with Gasteiger partial charge >= 0.3 is 6.03 Å². The molecule has 0 radical (unpaired) electrons. The van der Waals surface area contributed by atoms with E-state index >= 15 is 0 Å². The van der Waals surface area contributed by atoms with Gasteiger partial charge in [-0.2, -0.15) is 0 Å². The van der Waals surface area contributed by atoms with Crippen LogP contribution in [0, 0.1) is 0 Å². The third kappa shape index (κ3) is 4.31. The third-order valence-corrected chi connectivity index (χ3v) is 4.78. The number of benzene rings is 1. The maximum absolute atomic E-state index is 13.0. The first-order valence-corrected chi connectivity index (χ1v) is 9.15. The molecule has 2 N–H and O–H groups in total. The number of hydrogen-bond acceptors (Lipinski definition) is 3. The average molecular weight is 345 g/mol. The largest absolute Gasteiger partial charge is 0.374 e. The predicted molar refractivity (Wildman–Crippen MR) is 96.8 cm³/mol. The van der Waals surface area contributed by atoms with Crippen molar-refractivity contribution in [1.82, 2.24) is 10.2 Å². The molecule has 25 heavy (non-hydrogen) atoms. The maximum Gasteiger partial charge on any atom is 0.319 e. The van der Waals surface area contributed by atoms with Gasteiger partial charge in [0.05, 0.1) is 18.8 Å². The lowest BCUT2D eigenvalue weighted by Crippen LogP contribution is -2.54. The Morgan fingerprint density at radius 2 is 2.04 bits per heavy atom. The van der Waals surface area contributed by atoms with E-state index in [0.717, 1.165) is 19.3 Å². The Hall–Kier alpha value is -2.08. The van der Waals surface area contributed by atoms with Gasteiger partial charge in [0, 0.05) is 23.8 Å². The normalized spacial score (nSPS) is 23.1. The van der Waals surface area contributed by atoms with E-state index in [4.69, 9.17) is 4.74 Å². The summed E-state index contributed by atoms with van der Waals surface area (Å²) in [5.74, 6) is 0.0214. The molecule has 6 nitrogen and oxygen atoms in total. The number of hydrogen-bond donors (Lipinski definition) is 2. The van der Waals surface area contributed by atoms with E-state index in [-0.39, 0.29) is 30.1 Å². The maximum atomic E-state index is 13.0. The highest BCUT2D eigenvalue weighted by atomic mass is 16.5. The highest BCUT2D eigenvalue weighted by Gasteiger charge is 2.36. The van der Waals surface area contributed by atoms with Crippen LogP contribution in [0.2, 0.25) is 0 Å². The Labute approximate surface area is 148 Å². The molecule has 1 aromatic rings. The lowest BCUT2D eigenvalue weighted by atomic mass is 9.89. The zero-order valence-electron chi connectivity index (χ0n) is 15.0. The van der Waals surface area contributed by atoms with Crippen LogP contribution in [0.15, 0.2) is 24.3 Å². The van der Waals surface area contributed by atoms with E-state index in [2.05, 4.69) is 10.6 Å². The second-order valence-electron chi connectivity index (χ2n) is 7.09. The van der Waals surface area contributed by atoms with Crippen LogP contribution < -0.4 is 10.6 Å². The second kappa shape index (κ2) is 7.87. The monoisotopic (exact) mass is 345 g/mol. The SMILES string of the molecule is CC(C)NC(=O)Nc1cccc(C(=O)N2CCOC3CCCCC32)c1. The molecule has 136 valence electrons. The molecule has 3 amide bonds. The first-order chi connectivity index (χ1) is 12.0. The summed E-state index contributed by atoms with van der Waals surface area (Å²) < 4.78 is 5.85. The Balaban J connectivity index is 1.71. The van der Waals surface area contributed by atoms with E-state index in [1.54, 1.807) is 24.3 Å². The van der Waals surface area contributed by atoms with Gasteiger partial charge in [0.1, 0.15) is 0 Å². The van der Waals surface area contributed by atoms with Gasteiger partial charge in [0.2, 0.25) is 0 Å². The molecule has 2 unspecified atom stereocenters. The van der Waals surface area contributed by atoms with Crippen molar-refractivity contribution in [3.05, 3.63) is 29.8 Å². The number of ether oxygens (including phenoxy) is 1. The number of nitrogens with zero attached hydrogens (tertiary/aromatic N) is 1. The second-order valence-corrected chi connectivity index (χ2v) is 7.09. The molecular weight excluding hydrogens is 318 g/mol. The van der Waals surface area contributed by atoms with E-state index < -0.39 is 0 Å².